The van der Waals surface area contributed by atoms with Crippen molar-refractivity contribution in [2.45, 2.75) is 26.8 Å². The lowest BCUT2D eigenvalue weighted by Crippen LogP contribution is -2.34. The van der Waals surface area contributed by atoms with Crippen molar-refractivity contribution in [1.82, 2.24) is 5.32 Å². The summed E-state index contributed by atoms with van der Waals surface area (Å²) in [5.41, 5.74) is 1.61. The number of para-hydroxylation sites is 1. The molecular weight excluding hydrogens is 326 g/mol. The van der Waals surface area contributed by atoms with Crippen molar-refractivity contribution in [3.05, 3.63) is 65.2 Å². The highest BCUT2D eigenvalue weighted by molar-refractivity contribution is 5.92. The summed E-state index contributed by atoms with van der Waals surface area (Å²) in [6.07, 6.45) is -0.0564. The van der Waals surface area contributed by atoms with Gasteiger partial charge in [-0.1, -0.05) is 35.9 Å². The minimum Gasteiger partial charge on any atom is -0.352 e. The van der Waals surface area contributed by atoms with E-state index >= 15 is 0 Å². The number of carbonyl (C=O) groups excluding carboxylic acids is 2. The maximum absolute atomic E-state index is 13.9. The van der Waals surface area contributed by atoms with Crippen LogP contribution in [0.4, 0.5) is 14.5 Å². The number of nitrogens with zero attached hydrogens (tertiary/aromatic N) is 1. The Bertz CT molecular complexity index is 758. The monoisotopic (exact) mass is 346 g/mol. The summed E-state index contributed by atoms with van der Waals surface area (Å²) in [5, 5.41) is 2.74. The number of aryl methyl sites for hydroxylation is 1. The second-order valence-corrected chi connectivity index (χ2v) is 5.76. The highest BCUT2D eigenvalue weighted by atomic mass is 19.1. The molecule has 0 spiro atoms. The lowest BCUT2D eigenvalue weighted by Gasteiger charge is -2.22. The zero-order chi connectivity index (χ0) is 18.4. The van der Waals surface area contributed by atoms with E-state index in [4.69, 9.17) is 0 Å². The lowest BCUT2D eigenvalue weighted by atomic mass is 10.1. The number of amides is 2. The molecule has 0 radical (unpaired) electrons. The number of halogens is 2. The molecule has 2 amide bonds. The number of anilines is 1. The van der Waals surface area contributed by atoms with Crippen molar-refractivity contribution in [2.24, 2.45) is 0 Å². The molecule has 132 valence electrons. The third-order valence-electron chi connectivity index (χ3n) is 3.72. The molecule has 2 rings (SSSR count). The largest absolute Gasteiger partial charge is 0.352 e. The topological polar surface area (TPSA) is 49.4 Å². The maximum Gasteiger partial charge on any atom is 0.224 e. The second kappa shape index (κ2) is 8.37. The third kappa shape index (κ3) is 5.11. The molecule has 2 aromatic carbocycles. The Labute approximate surface area is 145 Å². The van der Waals surface area contributed by atoms with Crippen LogP contribution < -0.4 is 10.2 Å². The molecule has 0 heterocycles. The molecular formula is C19H20F2N2O2. The Balaban J connectivity index is 1.97. The number of hydrogen-bond acceptors (Lipinski definition) is 2. The van der Waals surface area contributed by atoms with Crippen molar-refractivity contribution >= 4 is 17.5 Å². The zero-order valence-corrected chi connectivity index (χ0v) is 14.2. The van der Waals surface area contributed by atoms with E-state index in [9.17, 15) is 18.4 Å². The van der Waals surface area contributed by atoms with Gasteiger partial charge in [-0.2, -0.15) is 0 Å². The number of benzene rings is 2. The smallest absolute Gasteiger partial charge is 0.224 e. The van der Waals surface area contributed by atoms with Crippen LogP contribution in [0.3, 0.4) is 0 Å². The zero-order valence-electron chi connectivity index (χ0n) is 14.2. The van der Waals surface area contributed by atoms with Crippen molar-refractivity contribution in [1.29, 1.82) is 0 Å². The summed E-state index contributed by atoms with van der Waals surface area (Å²) < 4.78 is 27.7. The van der Waals surface area contributed by atoms with Gasteiger partial charge in [0.1, 0.15) is 17.3 Å². The van der Waals surface area contributed by atoms with Gasteiger partial charge in [0.2, 0.25) is 11.8 Å². The molecule has 4 nitrogen and oxygen atoms in total. The van der Waals surface area contributed by atoms with Crippen LogP contribution in [0, 0.1) is 18.6 Å². The number of carbonyl (C=O) groups is 2. The molecule has 0 saturated carbocycles. The minimum absolute atomic E-state index is 0.0564. The van der Waals surface area contributed by atoms with E-state index in [1.165, 1.54) is 13.0 Å². The van der Waals surface area contributed by atoms with Gasteiger partial charge in [-0.15, -0.1) is 0 Å². The summed E-state index contributed by atoms with van der Waals surface area (Å²) >= 11 is 0. The SMILES string of the molecule is CC(=O)N(CCC(=O)NCc1cccc(C)c1)c1c(F)cccc1F. The highest BCUT2D eigenvalue weighted by Crippen LogP contribution is 2.23. The summed E-state index contributed by atoms with van der Waals surface area (Å²) in [4.78, 5) is 24.7. The van der Waals surface area contributed by atoms with Crippen molar-refractivity contribution in [2.75, 3.05) is 11.4 Å². The Kier molecular flexibility index (Phi) is 6.22. The van der Waals surface area contributed by atoms with Crippen LogP contribution in [0.15, 0.2) is 42.5 Å². The number of hydrogen-bond donors (Lipinski definition) is 1. The van der Waals surface area contributed by atoms with E-state index in [1.54, 1.807) is 0 Å². The molecule has 0 fully saturated rings. The van der Waals surface area contributed by atoms with E-state index in [1.807, 2.05) is 31.2 Å². The van der Waals surface area contributed by atoms with Crippen LogP contribution in [-0.2, 0) is 16.1 Å². The number of nitrogens with one attached hydrogen (secondary N) is 1. The standard InChI is InChI=1S/C19H20F2N2O2/c1-13-5-3-6-15(11-13)12-22-18(25)9-10-23(14(2)24)19-16(20)7-4-8-17(19)21/h3-8,11H,9-10,12H2,1-2H3,(H,22,25). The molecule has 2 aromatic rings. The summed E-state index contributed by atoms with van der Waals surface area (Å²) in [6.45, 7) is 3.41. The molecule has 0 aliphatic carbocycles. The average Bonchev–Trinajstić information content (AvgIpc) is 2.55. The molecule has 6 heteroatoms. The second-order valence-electron chi connectivity index (χ2n) is 5.76. The molecule has 1 N–H and O–H groups in total. The molecule has 0 unspecified atom stereocenters. The van der Waals surface area contributed by atoms with E-state index in [-0.39, 0.29) is 18.9 Å². The van der Waals surface area contributed by atoms with Gasteiger partial charge in [-0.25, -0.2) is 8.78 Å². The fourth-order valence-electron chi connectivity index (χ4n) is 2.50. The fourth-order valence-corrected chi connectivity index (χ4v) is 2.50. The summed E-state index contributed by atoms with van der Waals surface area (Å²) in [6, 6.07) is 11.1. The van der Waals surface area contributed by atoms with Gasteiger partial charge < -0.3 is 10.2 Å². The normalized spacial score (nSPS) is 10.4. The molecule has 0 bridgehead atoms. The Morgan fingerprint density at radius 3 is 2.32 bits per heavy atom. The first-order valence-electron chi connectivity index (χ1n) is 7.93. The third-order valence-corrected chi connectivity index (χ3v) is 3.72. The average molecular weight is 346 g/mol. The van der Waals surface area contributed by atoms with E-state index in [2.05, 4.69) is 5.32 Å². The van der Waals surface area contributed by atoms with E-state index in [0.717, 1.165) is 28.2 Å². The molecule has 0 atom stereocenters. The van der Waals surface area contributed by atoms with Crippen molar-refractivity contribution in [3.8, 4) is 0 Å². The molecule has 25 heavy (non-hydrogen) atoms. The molecule has 0 aliphatic heterocycles. The molecule has 0 aromatic heterocycles. The van der Waals surface area contributed by atoms with Crippen LogP contribution in [0.5, 0.6) is 0 Å². The quantitative estimate of drug-likeness (QED) is 0.872. The Morgan fingerprint density at radius 1 is 1.08 bits per heavy atom. The van der Waals surface area contributed by atoms with Gasteiger partial charge >= 0.3 is 0 Å². The van der Waals surface area contributed by atoms with Crippen LogP contribution in [-0.4, -0.2) is 18.4 Å². The van der Waals surface area contributed by atoms with Gasteiger partial charge in [-0.3, -0.25) is 9.59 Å². The predicted molar refractivity (Wildman–Crippen MR) is 92.0 cm³/mol. The summed E-state index contributed by atoms with van der Waals surface area (Å²) in [7, 11) is 0. The van der Waals surface area contributed by atoms with Crippen LogP contribution in [0.25, 0.3) is 0 Å². The summed E-state index contributed by atoms with van der Waals surface area (Å²) in [5.74, 6) is -2.51. The van der Waals surface area contributed by atoms with Gasteiger partial charge in [0.05, 0.1) is 0 Å². The van der Waals surface area contributed by atoms with Gasteiger partial charge in [0.15, 0.2) is 0 Å². The van der Waals surface area contributed by atoms with Gasteiger partial charge in [0, 0.05) is 26.4 Å². The first kappa shape index (κ1) is 18.6. The maximum atomic E-state index is 13.9. The lowest BCUT2D eigenvalue weighted by molar-refractivity contribution is -0.121. The Hall–Kier alpha value is -2.76. The van der Waals surface area contributed by atoms with E-state index in [0.29, 0.717) is 6.54 Å². The molecule has 0 aliphatic rings. The number of rotatable bonds is 6. The van der Waals surface area contributed by atoms with E-state index < -0.39 is 23.2 Å². The first-order valence-corrected chi connectivity index (χ1v) is 7.93. The van der Waals surface area contributed by atoms with Gasteiger partial charge in [-0.05, 0) is 24.6 Å². The van der Waals surface area contributed by atoms with Crippen LogP contribution in [0.1, 0.15) is 24.5 Å². The predicted octanol–water partition coefficient (Wildman–Crippen LogP) is 3.33. The van der Waals surface area contributed by atoms with Crippen LogP contribution >= 0.6 is 0 Å². The van der Waals surface area contributed by atoms with Crippen molar-refractivity contribution < 1.29 is 18.4 Å². The van der Waals surface area contributed by atoms with Crippen molar-refractivity contribution in [3.63, 3.8) is 0 Å². The Morgan fingerprint density at radius 2 is 1.72 bits per heavy atom. The minimum atomic E-state index is -0.838. The van der Waals surface area contributed by atoms with Crippen LogP contribution in [0.2, 0.25) is 0 Å². The molecule has 0 saturated heterocycles. The highest BCUT2D eigenvalue weighted by Gasteiger charge is 2.20. The fraction of sp³-hybridized carbons (Fsp3) is 0.263. The van der Waals surface area contributed by atoms with Gasteiger partial charge in [0.25, 0.3) is 0 Å². The first-order chi connectivity index (χ1) is 11.9.